The lowest BCUT2D eigenvalue weighted by Gasteiger charge is -2.35. The molecule has 0 saturated carbocycles. The van der Waals surface area contributed by atoms with Crippen LogP contribution in [0.15, 0.2) is 48.8 Å². The number of hydrogen-bond acceptors (Lipinski definition) is 5. The largest absolute Gasteiger partial charge is 0.377 e. The van der Waals surface area contributed by atoms with Crippen LogP contribution in [0.4, 0.5) is 0 Å². The molecule has 1 unspecified atom stereocenters. The fourth-order valence-corrected chi connectivity index (χ4v) is 3.35. The SMILES string of the molecule is CCOCc1ccccc1CNC(=O)CN1CCNCC1c1cccnc1.Cl. The van der Waals surface area contributed by atoms with Crippen molar-refractivity contribution in [2.75, 3.05) is 32.8 Å². The normalized spacial score (nSPS) is 17.0. The van der Waals surface area contributed by atoms with Crippen molar-refractivity contribution in [1.29, 1.82) is 0 Å². The monoisotopic (exact) mass is 404 g/mol. The van der Waals surface area contributed by atoms with Crippen molar-refractivity contribution in [2.45, 2.75) is 26.1 Å². The first-order valence-electron chi connectivity index (χ1n) is 9.54. The Morgan fingerprint density at radius 3 is 2.86 bits per heavy atom. The van der Waals surface area contributed by atoms with Crippen LogP contribution in [-0.4, -0.2) is 48.6 Å². The first kappa shape index (κ1) is 22.3. The van der Waals surface area contributed by atoms with E-state index in [1.54, 1.807) is 6.20 Å². The summed E-state index contributed by atoms with van der Waals surface area (Å²) >= 11 is 0. The Kier molecular flexibility index (Phi) is 9.37. The maximum Gasteiger partial charge on any atom is 0.234 e. The van der Waals surface area contributed by atoms with E-state index in [1.807, 2.05) is 43.5 Å². The Morgan fingerprint density at radius 1 is 1.29 bits per heavy atom. The van der Waals surface area contributed by atoms with Gasteiger partial charge in [0.05, 0.1) is 13.2 Å². The number of halogens is 1. The highest BCUT2D eigenvalue weighted by Gasteiger charge is 2.25. The molecule has 0 radical (unpaired) electrons. The summed E-state index contributed by atoms with van der Waals surface area (Å²) in [6.45, 7) is 6.70. The van der Waals surface area contributed by atoms with Crippen LogP contribution >= 0.6 is 12.4 Å². The molecule has 2 N–H and O–H groups in total. The van der Waals surface area contributed by atoms with E-state index in [4.69, 9.17) is 4.74 Å². The molecule has 0 aliphatic carbocycles. The molecule has 2 heterocycles. The van der Waals surface area contributed by atoms with Crippen molar-refractivity contribution in [3.63, 3.8) is 0 Å². The van der Waals surface area contributed by atoms with E-state index in [0.29, 0.717) is 26.3 Å². The van der Waals surface area contributed by atoms with Crippen molar-refractivity contribution in [2.24, 2.45) is 0 Å². The number of nitrogens with one attached hydrogen (secondary N) is 2. The summed E-state index contributed by atoms with van der Waals surface area (Å²) in [7, 11) is 0. The first-order valence-corrected chi connectivity index (χ1v) is 9.54. The third-order valence-electron chi connectivity index (χ3n) is 4.83. The summed E-state index contributed by atoms with van der Waals surface area (Å²) in [4.78, 5) is 19.0. The topological polar surface area (TPSA) is 66.5 Å². The molecule has 1 aliphatic rings. The molecule has 0 bridgehead atoms. The molecule has 1 atom stereocenters. The minimum atomic E-state index is 0. The van der Waals surface area contributed by atoms with Gasteiger partial charge in [-0.05, 0) is 29.7 Å². The predicted octanol–water partition coefficient (Wildman–Crippen LogP) is 2.30. The van der Waals surface area contributed by atoms with Gasteiger partial charge < -0.3 is 15.4 Å². The third kappa shape index (κ3) is 6.27. The molecule has 6 nitrogen and oxygen atoms in total. The maximum absolute atomic E-state index is 12.6. The van der Waals surface area contributed by atoms with E-state index in [2.05, 4.69) is 26.6 Å². The average Bonchev–Trinajstić information content (AvgIpc) is 2.72. The predicted molar refractivity (Wildman–Crippen MR) is 112 cm³/mol. The van der Waals surface area contributed by atoms with Crippen LogP contribution in [0.5, 0.6) is 0 Å². The van der Waals surface area contributed by atoms with E-state index in [1.165, 1.54) is 0 Å². The summed E-state index contributed by atoms with van der Waals surface area (Å²) in [5, 5.41) is 6.47. The number of carbonyl (C=O) groups excluding carboxylic acids is 1. The van der Waals surface area contributed by atoms with Gasteiger partial charge in [-0.2, -0.15) is 0 Å². The zero-order valence-corrected chi connectivity index (χ0v) is 17.1. The molecule has 2 aromatic rings. The number of ether oxygens (including phenoxy) is 1. The van der Waals surface area contributed by atoms with Crippen molar-refractivity contribution in [3.05, 3.63) is 65.5 Å². The number of pyridine rings is 1. The summed E-state index contributed by atoms with van der Waals surface area (Å²) in [5.74, 6) is 0.0389. The number of piperazine rings is 1. The van der Waals surface area contributed by atoms with E-state index >= 15 is 0 Å². The van der Waals surface area contributed by atoms with Crippen LogP contribution in [-0.2, 0) is 22.7 Å². The Balaban J connectivity index is 0.00000280. The standard InChI is InChI=1S/C21H28N4O2.ClH/c1-2-27-16-19-7-4-3-6-17(19)13-24-21(26)15-25-11-10-23-14-20(25)18-8-5-9-22-12-18;/h3-9,12,20,23H,2,10-11,13-16H2,1H3,(H,24,26);1H. The molecule has 152 valence electrons. The number of rotatable bonds is 8. The maximum atomic E-state index is 12.6. The molecule has 1 aromatic heterocycles. The number of benzene rings is 1. The van der Waals surface area contributed by atoms with Crippen LogP contribution < -0.4 is 10.6 Å². The van der Waals surface area contributed by atoms with Gasteiger partial charge in [0.2, 0.25) is 5.91 Å². The zero-order valence-electron chi connectivity index (χ0n) is 16.3. The summed E-state index contributed by atoms with van der Waals surface area (Å²) < 4.78 is 5.52. The van der Waals surface area contributed by atoms with Crippen LogP contribution in [0.1, 0.15) is 29.7 Å². The van der Waals surface area contributed by atoms with Gasteiger partial charge in [-0.3, -0.25) is 14.7 Å². The van der Waals surface area contributed by atoms with Gasteiger partial charge in [0.25, 0.3) is 0 Å². The summed E-state index contributed by atoms with van der Waals surface area (Å²) in [5.41, 5.74) is 3.36. The lowest BCUT2D eigenvalue weighted by atomic mass is 10.1. The lowest BCUT2D eigenvalue weighted by Crippen LogP contribution is -2.49. The summed E-state index contributed by atoms with van der Waals surface area (Å²) in [6.07, 6.45) is 3.66. The van der Waals surface area contributed by atoms with Crippen LogP contribution in [0.25, 0.3) is 0 Å². The molecule has 3 rings (SSSR count). The number of amides is 1. The second-order valence-corrected chi connectivity index (χ2v) is 6.66. The van der Waals surface area contributed by atoms with E-state index in [9.17, 15) is 4.79 Å². The van der Waals surface area contributed by atoms with Gasteiger partial charge in [0, 0.05) is 51.2 Å². The molecular weight excluding hydrogens is 376 g/mol. The number of nitrogens with zero attached hydrogens (tertiary/aromatic N) is 2. The van der Waals surface area contributed by atoms with Gasteiger partial charge in [0.1, 0.15) is 0 Å². The molecule has 7 heteroatoms. The molecule has 1 fully saturated rings. The van der Waals surface area contributed by atoms with Gasteiger partial charge in [-0.15, -0.1) is 12.4 Å². The molecular formula is C21H29ClN4O2. The van der Waals surface area contributed by atoms with Crippen molar-refractivity contribution in [3.8, 4) is 0 Å². The van der Waals surface area contributed by atoms with Gasteiger partial charge in [-0.25, -0.2) is 0 Å². The quantitative estimate of drug-likeness (QED) is 0.706. The fraction of sp³-hybridized carbons (Fsp3) is 0.429. The number of aromatic nitrogens is 1. The molecule has 0 spiro atoms. The van der Waals surface area contributed by atoms with Crippen LogP contribution in [0.2, 0.25) is 0 Å². The third-order valence-corrected chi connectivity index (χ3v) is 4.83. The summed E-state index contributed by atoms with van der Waals surface area (Å²) in [6, 6.07) is 12.3. The Bertz CT molecular complexity index is 729. The van der Waals surface area contributed by atoms with Gasteiger partial charge >= 0.3 is 0 Å². The van der Waals surface area contributed by atoms with Crippen molar-refractivity contribution in [1.82, 2.24) is 20.5 Å². The second kappa shape index (κ2) is 11.8. The molecule has 28 heavy (non-hydrogen) atoms. The number of carbonyl (C=O) groups is 1. The van der Waals surface area contributed by atoms with E-state index in [0.717, 1.165) is 36.3 Å². The molecule has 1 aromatic carbocycles. The van der Waals surface area contributed by atoms with E-state index in [-0.39, 0.29) is 24.4 Å². The minimum absolute atomic E-state index is 0. The average molecular weight is 405 g/mol. The second-order valence-electron chi connectivity index (χ2n) is 6.66. The van der Waals surface area contributed by atoms with Crippen LogP contribution in [0.3, 0.4) is 0 Å². The first-order chi connectivity index (χ1) is 13.3. The smallest absolute Gasteiger partial charge is 0.234 e. The van der Waals surface area contributed by atoms with Gasteiger partial charge in [-0.1, -0.05) is 30.3 Å². The highest BCUT2D eigenvalue weighted by atomic mass is 35.5. The zero-order chi connectivity index (χ0) is 18.9. The number of hydrogen-bond donors (Lipinski definition) is 2. The lowest BCUT2D eigenvalue weighted by molar-refractivity contribution is -0.123. The van der Waals surface area contributed by atoms with E-state index < -0.39 is 0 Å². The highest BCUT2D eigenvalue weighted by molar-refractivity contribution is 5.85. The Labute approximate surface area is 173 Å². The van der Waals surface area contributed by atoms with Gasteiger partial charge in [0.15, 0.2) is 0 Å². The minimum Gasteiger partial charge on any atom is -0.377 e. The Hall–Kier alpha value is -1.99. The fourth-order valence-electron chi connectivity index (χ4n) is 3.35. The molecule has 1 amide bonds. The van der Waals surface area contributed by atoms with Crippen LogP contribution in [0, 0.1) is 0 Å². The highest BCUT2D eigenvalue weighted by Crippen LogP contribution is 2.20. The van der Waals surface area contributed by atoms with Crippen molar-refractivity contribution < 1.29 is 9.53 Å². The van der Waals surface area contributed by atoms with Crippen molar-refractivity contribution >= 4 is 18.3 Å². The molecule has 1 aliphatic heterocycles. The Morgan fingerprint density at radius 2 is 2.11 bits per heavy atom. The molecule has 1 saturated heterocycles.